The monoisotopic (exact) mass is 380 g/mol. The number of nitrogens with two attached hydrogens (primary N) is 1. The van der Waals surface area contributed by atoms with E-state index in [0.29, 0.717) is 12.0 Å². The molecule has 0 aliphatic rings. The van der Waals surface area contributed by atoms with Crippen molar-refractivity contribution >= 4 is 22.6 Å². The highest BCUT2D eigenvalue weighted by atomic mass is 16.7. The Hall–Kier alpha value is -3.92. The van der Waals surface area contributed by atoms with Gasteiger partial charge in [-0.3, -0.25) is 0 Å². The van der Waals surface area contributed by atoms with Crippen molar-refractivity contribution in [2.45, 2.75) is 6.42 Å². The number of hydrogen-bond donors (Lipinski definition) is 1. The largest absolute Gasteiger partial charge is 0.384 e. The minimum Gasteiger partial charge on any atom is -0.384 e. The molecule has 0 heterocycles. The van der Waals surface area contributed by atoms with E-state index in [4.69, 9.17) is 10.6 Å². The molecule has 0 fully saturated rings. The molecule has 0 saturated carbocycles. The number of nitrogens with zero attached hydrogens (tertiary/aromatic N) is 1. The van der Waals surface area contributed by atoms with E-state index in [2.05, 4.69) is 5.16 Å². The summed E-state index contributed by atoms with van der Waals surface area (Å²) in [5.41, 5.74) is 9.57. The number of oxime groups is 1. The molecule has 0 atom stereocenters. The van der Waals surface area contributed by atoms with Gasteiger partial charge in [-0.15, -0.1) is 0 Å². The van der Waals surface area contributed by atoms with Crippen LogP contribution in [0.1, 0.15) is 15.9 Å². The normalized spacial score (nSPS) is 11.4. The van der Waals surface area contributed by atoms with Crippen LogP contribution in [0.2, 0.25) is 0 Å². The molecule has 4 heteroatoms. The van der Waals surface area contributed by atoms with Gasteiger partial charge in [0.05, 0.1) is 5.56 Å². The Balaban J connectivity index is 1.43. The molecule has 4 aromatic rings. The smallest absolute Gasteiger partial charge is 0.365 e. The van der Waals surface area contributed by atoms with E-state index in [-0.39, 0.29) is 5.84 Å². The van der Waals surface area contributed by atoms with E-state index in [1.54, 1.807) is 12.1 Å². The fourth-order valence-corrected chi connectivity index (χ4v) is 3.26. The van der Waals surface area contributed by atoms with Gasteiger partial charge in [-0.25, -0.2) is 4.79 Å². The lowest BCUT2D eigenvalue weighted by Gasteiger charge is -2.06. The van der Waals surface area contributed by atoms with E-state index >= 15 is 0 Å². The maximum atomic E-state index is 12.3. The highest BCUT2D eigenvalue weighted by molar-refractivity contribution is 5.93. The van der Waals surface area contributed by atoms with Crippen LogP contribution in [0.3, 0.4) is 0 Å². The molecule has 0 amide bonds. The Labute approximate surface area is 169 Å². The van der Waals surface area contributed by atoms with Crippen LogP contribution in [0.5, 0.6) is 0 Å². The standard InChI is InChI=1S/C25H20N2O2/c26-24(17-22-11-6-10-20-9-4-5-12-23(20)22)27-29-25(28)21-15-13-19(14-16-21)18-7-2-1-3-8-18/h1-16H,17H2,(H2,26,27). The van der Waals surface area contributed by atoms with Crippen LogP contribution >= 0.6 is 0 Å². The van der Waals surface area contributed by atoms with Crippen molar-refractivity contribution in [1.82, 2.24) is 0 Å². The summed E-state index contributed by atoms with van der Waals surface area (Å²) in [6.45, 7) is 0. The first-order chi connectivity index (χ1) is 14.2. The molecule has 29 heavy (non-hydrogen) atoms. The van der Waals surface area contributed by atoms with Gasteiger partial charge >= 0.3 is 5.97 Å². The van der Waals surface area contributed by atoms with Gasteiger partial charge in [0, 0.05) is 6.42 Å². The van der Waals surface area contributed by atoms with Crippen LogP contribution in [0, 0.1) is 0 Å². The summed E-state index contributed by atoms with van der Waals surface area (Å²) in [6, 6.07) is 31.3. The molecule has 0 aliphatic carbocycles. The highest BCUT2D eigenvalue weighted by Gasteiger charge is 2.09. The first kappa shape index (κ1) is 18.4. The predicted molar refractivity (Wildman–Crippen MR) is 117 cm³/mol. The van der Waals surface area contributed by atoms with Crippen molar-refractivity contribution in [3.8, 4) is 11.1 Å². The van der Waals surface area contributed by atoms with E-state index < -0.39 is 5.97 Å². The number of amidine groups is 1. The second-order valence-corrected chi connectivity index (χ2v) is 6.72. The number of fused-ring (bicyclic) bond motifs is 1. The van der Waals surface area contributed by atoms with Gasteiger partial charge < -0.3 is 10.6 Å². The van der Waals surface area contributed by atoms with Crippen LogP contribution in [-0.2, 0) is 11.3 Å². The fraction of sp³-hybridized carbons (Fsp3) is 0.0400. The van der Waals surface area contributed by atoms with Crippen LogP contribution in [0.15, 0.2) is 102 Å². The molecule has 4 nitrogen and oxygen atoms in total. The van der Waals surface area contributed by atoms with Gasteiger partial charge in [0.25, 0.3) is 0 Å². The zero-order chi connectivity index (χ0) is 20.1. The highest BCUT2D eigenvalue weighted by Crippen LogP contribution is 2.20. The molecule has 2 N–H and O–H groups in total. The SMILES string of the molecule is N/C(Cc1cccc2ccccc12)=N\OC(=O)c1ccc(-c2ccccc2)cc1. The summed E-state index contributed by atoms with van der Waals surface area (Å²) >= 11 is 0. The molecule has 0 aromatic heterocycles. The summed E-state index contributed by atoms with van der Waals surface area (Å²) in [4.78, 5) is 17.3. The lowest BCUT2D eigenvalue weighted by Crippen LogP contribution is -2.17. The molecular formula is C25H20N2O2. The number of rotatable bonds is 5. The summed E-state index contributed by atoms with van der Waals surface area (Å²) < 4.78 is 0. The molecule has 4 rings (SSSR count). The van der Waals surface area contributed by atoms with Crippen LogP contribution in [0.25, 0.3) is 21.9 Å². The van der Waals surface area contributed by atoms with Crippen molar-refractivity contribution < 1.29 is 9.63 Å². The topological polar surface area (TPSA) is 64.7 Å². The lowest BCUT2D eigenvalue weighted by molar-refractivity contribution is 0.0515. The van der Waals surface area contributed by atoms with Crippen molar-refractivity contribution in [2.75, 3.05) is 0 Å². The maximum Gasteiger partial charge on any atom is 0.365 e. The van der Waals surface area contributed by atoms with Gasteiger partial charge in [-0.2, -0.15) is 0 Å². The Morgan fingerprint density at radius 3 is 2.21 bits per heavy atom. The van der Waals surface area contributed by atoms with Crippen LogP contribution < -0.4 is 5.73 Å². The number of hydrogen-bond acceptors (Lipinski definition) is 3. The average molecular weight is 380 g/mol. The van der Waals surface area contributed by atoms with Crippen molar-refractivity contribution in [1.29, 1.82) is 0 Å². The molecule has 4 aromatic carbocycles. The third-order valence-corrected chi connectivity index (χ3v) is 4.73. The molecule has 0 saturated heterocycles. The maximum absolute atomic E-state index is 12.3. The van der Waals surface area contributed by atoms with Crippen molar-refractivity contribution in [2.24, 2.45) is 10.9 Å². The lowest BCUT2D eigenvalue weighted by atomic mass is 10.0. The fourth-order valence-electron chi connectivity index (χ4n) is 3.26. The van der Waals surface area contributed by atoms with Gasteiger partial charge in [-0.05, 0) is 39.6 Å². The summed E-state index contributed by atoms with van der Waals surface area (Å²) in [7, 11) is 0. The van der Waals surface area contributed by atoms with E-state index in [0.717, 1.165) is 27.5 Å². The Morgan fingerprint density at radius 2 is 1.41 bits per heavy atom. The van der Waals surface area contributed by atoms with Crippen molar-refractivity contribution in [3.05, 3.63) is 108 Å². The number of carbonyl (C=O) groups excluding carboxylic acids is 1. The molecule has 0 spiro atoms. The average Bonchev–Trinajstić information content (AvgIpc) is 2.78. The molecule has 0 radical (unpaired) electrons. The second-order valence-electron chi connectivity index (χ2n) is 6.72. The Kier molecular flexibility index (Phi) is 5.34. The van der Waals surface area contributed by atoms with Gasteiger partial charge in [-0.1, -0.05) is 90.1 Å². The van der Waals surface area contributed by atoms with Crippen LogP contribution in [0.4, 0.5) is 0 Å². The van der Waals surface area contributed by atoms with Gasteiger partial charge in [0.15, 0.2) is 0 Å². The van der Waals surface area contributed by atoms with Gasteiger partial charge in [0.2, 0.25) is 0 Å². The predicted octanol–water partition coefficient (Wildman–Crippen LogP) is 5.18. The van der Waals surface area contributed by atoms with Crippen LogP contribution in [-0.4, -0.2) is 11.8 Å². The molecular weight excluding hydrogens is 360 g/mol. The minimum absolute atomic E-state index is 0.246. The van der Waals surface area contributed by atoms with E-state index in [1.165, 1.54) is 0 Å². The Morgan fingerprint density at radius 1 is 0.759 bits per heavy atom. The zero-order valence-electron chi connectivity index (χ0n) is 15.8. The molecule has 142 valence electrons. The van der Waals surface area contributed by atoms with Gasteiger partial charge in [0.1, 0.15) is 5.84 Å². The summed E-state index contributed by atoms with van der Waals surface area (Å²) in [5, 5.41) is 6.07. The number of carbonyl (C=O) groups is 1. The quantitative estimate of drug-likeness (QED) is 0.225. The first-order valence-corrected chi connectivity index (χ1v) is 9.36. The first-order valence-electron chi connectivity index (χ1n) is 9.36. The molecule has 0 aliphatic heterocycles. The second kappa shape index (κ2) is 8.40. The minimum atomic E-state index is -0.537. The van der Waals surface area contributed by atoms with E-state index in [9.17, 15) is 4.79 Å². The Bertz CT molecular complexity index is 1160. The third-order valence-electron chi connectivity index (χ3n) is 4.73. The number of benzene rings is 4. The molecule has 0 unspecified atom stereocenters. The molecule has 0 bridgehead atoms. The van der Waals surface area contributed by atoms with E-state index in [1.807, 2.05) is 84.9 Å². The summed E-state index contributed by atoms with van der Waals surface area (Å²) in [6.07, 6.45) is 0.404. The third kappa shape index (κ3) is 4.33. The summed E-state index contributed by atoms with van der Waals surface area (Å²) in [5.74, 6) is -0.291. The van der Waals surface area contributed by atoms with Crippen molar-refractivity contribution in [3.63, 3.8) is 0 Å². The zero-order valence-corrected chi connectivity index (χ0v) is 15.8.